The molecule has 0 aliphatic carbocycles. The minimum absolute atomic E-state index is 0.119. The van der Waals surface area contributed by atoms with Gasteiger partial charge in [0.2, 0.25) is 11.8 Å². The summed E-state index contributed by atoms with van der Waals surface area (Å²) in [5, 5.41) is 12.9. The molecule has 1 N–H and O–H groups in total. The summed E-state index contributed by atoms with van der Waals surface area (Å²) in [4.78, 5) is 23.4. The number of aromatic nitrogens is 4. The third-order valence-electron chi connectivity index (χ3n) is 1.84. The van der Waals surface area contributed by atoms with E-state index in [0.29, 0.717) is 5.82 Å². The number of rotatable bonds is 2. The Balaban J connectivity index is 2.09. The fraction of sp³-hybridized carbons (Fsp3) is 0.500. The second-order valence-electron chi connectivity index (χ2n) is 2.70. The summed E-state index contributed by atoms with van der Waals surface area (Å²) in [5.41, 5.74) is 0. The molecule has 0 unspecified atom stereocenters. The SMILES string of the molecule is O=C1CCC(=O)N1Cc1nn[nH]n1. The van der Waals surface area contributed by atoms with Crippen LogP contribution in [0.1, 0.15) is 18.7 Å². The minimum atomic E-state index is -0.171. The van der Waals surface area contributed by atoms with Gasteiger partial charge in [-0.15, -0.1) is 10.2 Å². The van der Waals surface area contributed by atoms with Gasteiger partial charge in [-0.25, -0.2) is 0 Å². The summed E-state index contributed by atoms with van der Waals surface area (Å²) in [6, 6.07) is 0. The van der Waals surface area contributed by atoms with E-state index in [1.165, 1.54) is 0 Å². The third kappa shape index (κ3) is 1.40. The lowest BCUT2D eigenvalue weighted by atomic mass is 10.4. The number of aromatic amines is 1. The number of H-pyrrole nitrogens is 1. The van der Waals surface area contributed by atoms with Gasteiger partial charge in [0, 0.05) is 12.8 Å². The molecule has 1 fully saturated rings. The van der Waals surface area contributed by atoms with Crippen LogP contribution in [0, 0.1) is 0 Å². The summed E-state index contributed by atoms with van der Waals surface area (Å²) in [7, 11) is 0. The number of imide groups is 1. The van der Waals surface area contributed by atoms with Gasteiger partial charge in [-0.3, -0.25) is 14.5 Å². The van der Waals surface area contributed by atoms with Gasteiger partial charge in [-0.2, -0.15) is 5.21 Å². The highest BCUT2D eigenvalue weighted by Crippen LogP contribution is 2.13. The van der Waals surface area contributed by atoms with Crippen LogP contribution in [-0.4, -0.2) is 37.3 Å². The van der Waals surface area contributed by atoms with E-state index in [9.17, 15) is 9.59 Å². The molecule has 0 saturated carbocycles. The smallest absolute Gasteiger partial charge is 0.230 e. The molecule has 0 aromatic carbocycles. The quantitative estimate of drug-likeness (QED) is 0.581. The number of carbonyl (C=O) groups excluding carboxylic acids is 2. The van der Waals surface area contributed by atoms with Crippen molar-refractivity contribution in [2.75, 3.05) is 0 Å². The highest BCUT2D eigenvalue weighted by Gasteiger charge is 2.29. The first-order chi connectivity index (χ1) is 6.27. The number of hydrogen-bond donors (Lipinski definition) is 1. The number of nitrogens with zero attached hydrogens (tertiary/aromatic N) is 4. The summed E-state index contributed by atoms with van der Waals surface area (Å²) in [6.07, 6.45) is 0.577. The van der Waals surface area contributed by atoms with Gasteiger partial charge in [0.1, 0.15) is 0 Å². The Kier molecular flexibility index (Phi) is 1.76. The predicted molar refractivity (Wildman–Crippen MR) is 39.0 cm³/mol. The number of carbonyl (C=O) groups is 2. The number of nitrogens with one attached hydrogen (secondary N) is 1. The zero-order chi connectivity index (χ0) is 9.26. The molecule has 1 saturated heterocycles. The first-order valence-corrected chi connectivity index (χ1v) is 3.83. The standard InChI is InChI=1S/C6H7N5O2/c12-5-1-2-6(13)11(5)3-4-7-9-10-8-4/h1-3H2,(H,7,8,9,10). The van der Waals surface area contributed by atoms with Crippen LogP contribution in [0.2, 0.25) is 0 Å². The molecule has 13 heavy (non-hydrogen) atoms. The van der Waals surface area contributed by atoms with Crippen molar-refractivity contribution >= 4 is 11.8 Å². The van der Waals surface area contributed by atoms with E-state index in [4.69, 9.17) is 0 Å². The molecule has 0 atom stereocenters. The highest BCUT2D eigenvalue weighted by molar-refractivity contribution is 6.01. The van der Waals surface area contributed by atoms with Crippen molar-refractivity contribution in [3.05, 3.63) is 5.82 Å². The molecule has 68 valence electrons. The molecule has 2 amide bonds. The van der Waals surface area contributed by atoms with E-state index in [0.717, 1.165) is 4.90 Å². The molecule has 7 heteroatoms. The Labute approximate surface area is 73.1 Å². The molecule has 2 rings (SSSR count). The minimum Gasteiger partial charge on any atom is -0.275 e. The predicted octanol–water partition coefficient (Wildman–Crippen LogP) is -1.15. The molecule has 0 radical (unpaired) electrons. The van der Waals surface area contributed by atoms with Crippen LogP contribution in [0.3, 0.4) is 0 Å². The number of amides is 2. The van der Waals surface area contributed by atoms with E-state index in [-0.39, 0.29) is 31.2 Å². The van der Waals surface area contributed by atoms with Gasteiger partial charge >= 0.3 is 0 Å². The van der Waals surface area contributed by atoms with Crippen LogP contribution < -0.4 is 0 Å². The normalized spacial score (nSPS) is 17.1. The van der Waals surface area contributed by atoms with Crippen molar-refractivity contribution in [1.29, 1.82) is 0 Å². The molecule has 0 bridgehead atoms. The summed E-state index contributed by atoms with van der Waals surface area (Å²) in [6.45, 7) is 0.119. The largest absolute Gasteiger partial charge is 0.275 e. The van der Waals surface area contributed by atoms with Crippen molar-refractivity contribution in [2.45, 2.75) is 19.4 Å². The summed E-state index contributed by atoms with van der Waals surface area (Å²) < 4.78 is 0. The van der Waals surface area contributed by atoms with Crippen LogP contribution in [0.25, 0.3) is 0 Å². The number of hydrogen-bond acceptors (Lipinski definition) is 5. The number of tetrazole rings is 1. The Bertz CT molecular complexity index is 317. The lowest BCUT2D eigenvalue weighted by Crippen LogP contribution is -2.28. The number of likely N-dealkylation sites (tertiary alicyclic amines) is 1. The monoisotopic (exact) mass is 181 g/mol. The third-order valence-corrected chi connectivity index (χ3v) is 1.84. The Hall–Kier alpha value is -1.79. The first kappa shape index (κ1) is 7.84. The van der Waals surface area contributed by atoms with Crippen molar-refractivity contribution in [2.24, 2.45) is 0 Å². The van der Waals surface area contributed by atoms with Crippen LogP contribution in [0.5, 0.6) is 0 Å². The summed E-state index contributed by atoms with van der Waals surface area (Å²) in [5.74, 6) is 0.00759. The van der Waals surface area contributed by atoms with E-state index < -0.39 is 0 Å². The fourth-order valence-corrected chi connectivity index (χ4v) is 1.19. The average Bonchev–Trinajstić information content (AvgIpc) is 2.70. The van der Waals surface area contributed by atoms with Crippen LogP contribution >= 0.6 is 0 Å². The maximum absolute atomic E-state index is 11.1. The molecule has 1 aliphatic heterocycles. The van der Waals surface area contributed by atoms with Crippen LogP contribution in [-0.2, 0) is 16.1 Å². The zero-order valence-electron chi connectivity index (χ0n) is 6.73. The highest BCUT2D eigenvalue weighted by atomic mass is 16.2. The van der Waals surface area contributed by atoms with Gasteiger partial charge < -0.3 is 0 Å². The Morgan fingerprint density at radius 3 is 2.54 bits per heavy atom. The van der Waals surface area contributed by atoms with Gasteiger partial charge in [0.25, 0.3) is 0 Å². The molecule has 1 aromatic heterocycles. The maximum Gasteiger partial charge on any atom is 0.230 e. The van der Waals surface area contributed by atoms with Gasteiger partial charge in [0.15, 0.2) is 5.82 Å². The maximum atomic E-state index is 11.1. The molecule has 0 spiro atoms. The van der Waals surface area contributed by atoms with Crippen LogP contribution in [0.4, 0.5) is 0 Å². The lowest BCUT2D eigenvalue weighted by Gasteiger charge is -2.09. The topological polar surface area (TPSA) is 91.8 Å². The average molecular weight is 181 g/mol. The Morgan fingerprint density at radius 1 is 1.31 bits per heavy atom. The first-order valence-electron chi connectivity index (χ1n) is 3.83. The van der Waals surface area contributed by atoms with Gasteiger partial charge in [-0.05, 0) is 0 Å². The lowest BCUT2D eigenvalue weighted by molar-refractivity contribution is -0.139. The molecular formula is C6H7N5O2. The second-order valence-corrected chi connectivity index (χ2v) is 2.70. The molecular weight excluding hydrogens is 174 g/mol. The molecule has 1 aliphatic rings. The van der Waals surface area contributed by atoms with Crippen molar-refractivity contribution in [3.63, 3.8) is 0 Å². The van der Waals surface area contributed by atoms with Gasteiger partial charge in [0.05, 0.1) is 6.54 Å². The molecule has 7 nitrogen and oxygen atoms in total. The van der Waals surface area contributed by atoms with E-state index in [1.54, 1.807) is 0 Å². The molecule has 2 heterocycles. The molecule has 1 aromatic rings. The zero-order valence-corrected chi connectivity index (χ0v) is 6.73. The summed E-state index contributed by atoms with van der Waals surface area (Å²) >= 11 is 0. The van der Waals surface area contributed by atoms with E-state index in [1.807, 2.05) is 0 Å². The fourth-order valence-electron chi connectivity index (χ4n) is 1.19. The second kappa shape index (κ2) is 2.92. The van der Waals surface area contributed by atoms with Crippen molar-refractivity contribution < 1.29 is 9.59 Å². The van der Waals surface area contributed by atoms with Gasteiger partial charge in [-0.1, -0.05) is 5.21 Å². The van der Waals surface area contributed by atoms with Crippen molar-refractivity contribution in [1.82, 2.24) is 25.5 Å². The van der Waals surface area contributed by atoms with Crippen molar-refractivity contribution in [3.8, 4) is 0 Å². The Morgan fingerprint density at radius 2 is 2.00 bits per heavy atom. The van der Waals surface area contributed by atoms with E-state index in [2.05, 4.69) is 20.6 Å². The van der Waals surface area contributed by atoms with Crippen LogP contribution in [0.15, 0.2) is 0 Å². The van der Waals surface area contributed by atoms with E-state index >= 15 is 0 Å².